The predicted octanol–water partition coefficient (Wildman–Crippen LogP) is 5.52. The molecule has 0 bridgehead atoms. The van der Waals surface area contributed by atoms with E-state index in [0.717, 1.165) is 38.5 Å². The van der Waals surface area contributed by atoms with Gasteiger partial charge in [0.2, 0.25) is 0 Å². The predicted molar refractivity (Wildman–Crippen MR) is 161 cm³/mol. The van der Waals surface area contributed by atoms with Gasteiger partial charge in [-0.05, 0) is 98.7 Å². The first-order valence-electron chi connectivity index (χ1n) is 16.8. The molecule has 0 amide bonds. The molecule has 42 heavy (non-hydrogen) atoms. The van der Waals surface area contributed by atoms with Gasteiger partial charge in [-0.2, -0.15) is 0 Å². The zero-order valence-electron chi connectivity index (χ0n) is 27.5. The fourth-order valence-corrected chi connectivity index (χ4v) is 13.6. The summed E-state index contributed by atoms with van der Waals surface area (Å²) in [6.45, 7) is 18.9. The van der Waals surface area contributed by atoms with E-state index in [0.29, 0.717) is 18.3 Å². The molecule has 6 aliphatic rings. The van der Waals surface area contributed by atoms with Crippen molar-refractivity contribution in [3.8, 4) is 0 Å². The van der Waals surface area contributed by atoms with Crippen molar-refractivity contribution in [1.82, 2.24) is 0 Å². The molecule has 1 saturated heterocycles. The highest BCUT2D eigenvalue weighted by atomic mass is 16.6. The van der Waals surface area contributed by atoms with Crippen LogP contribution in [0.15, 0.2) is 0 Å². The number of hydrogen-bond acceptors (Lipinski definition) is 7. The van der Waals surface area contributed by atoms with Crippen LogP contribution >= 0.6 is 0 Å². The Hall–Kier alpha value is -1.02. The van der Waals surface area contributed by atoms with Gasteiger partial charge in [-0.3, -0.25) is 4.79 Å². The summed E-state index contributed by atoms with van der Waals surface area (Å²) < 4.78 is 12.6. The number of carbonyl (C=O) groups is 1. The Morgan fingerprint density at radius 2 is 1.76 bits per heavy atom. The molecule has 0 aromatic heterocycles. The Balaban J connectivity index is 1.39. The Morgan fingerprint density at radius 3 is 2.36 bits per heavy atom. The van der Waals surface area contributed by atoms with Crippen LogP contribution in [0.2, 0.25) is 0 Å². The van der Waals surface area contributed by atoms with Gasteiger partial charge in [0.25, 0.3) is 0 Å². The fraction of sp³-hybridized carbons (Fsp3) is 0.943. The molecule has 0 aromatic rings. The van der Waals surface area contributed by atoms with Gasteiger partial charge in [-0.15, -0.1) is 0 Å². The molecule has 7 nitrogen and oxygen atoms in total. The van der Waals surface area contributed by atoms with Crippen molar-refractivity contribution in [2.45, 2.75) is 150 Å². The van der Waals surface area contributed by atoms with E-state index < -0.39 is 36.1 Å². The SMILES string of the molecule is CCC(=O)OC(C1CC(C)C2C(O1)C(O)C1(C)C3CCC4(C=N)C(C)(C)C(O)CCC45C(C)C35CCC21C)C(C)(C)O. The average Bonchev–Trinajstić information content (AvgIpc) is 3.40. The summed E-state index contributed by atoms with van der Waals surface area (Å²) >= 11 is 0. The van der Waals surface area contributed by atoms with Crippen molar-refractivity contribution in [2.24, 2.45) is 56.2 Å². The maximum atomic E-state index is 12.5. The summed E-state index contributed by atoms with van der Waals surface area (Å²) in [5.41, 5.74) is -2.47. The van der Waals surface area contributed by atoms with E-state index in [1.165, 1.54) is 0 Å². The van der Waals surface area contributed by atoms with Crippen molar-refractivity contribution in [1.29, 1.82) is 5.41 Å². The van der Waals surface area contributed by atoms with Crippen molar-refractivity contribution < 1.29 is 29.6 Å². The molecule has 1 heterocycles. The molecule has 14 atom stereocenters. The standard InChI is InChI=1S/C35H57NO6/c1-10-24(38)42-28(30(6,7)40)21-17-19(2)25-26(41-21)27(39)32(9)22-11-13-33(18-36)29(4,5)23(37)12-14-35(33)20(3)34(22,35)16-15-31(25,32)8/h18-23,25-28,36-37,39-40H,10-17H2,1-9H3. The topological polar surface area (TPSA) is 120 Å². The molecule has 2 spiro atoms. The monoisotopic (exact) mass is 587 g/mol. The van der Waals surface area contributed by atoms with Crippen LogP contribution in [0.4, 0.5) is 0 Å². The number of aliphatic hydroxyl groups excluding tert-OH is 2. The normalized spacial score (nSPS) is 54.8. The Labute approximate surface area is 253 Å². The second-order valence-corrected chi connectivity index (χ2v) is 17.2. The maximum absolute atomic E-state index is 12.5. The van der Waals surface area contributed by atoms with Gasteiger partial charge in [0, 0.05) is 28.9 Å². The van der Waals surface area contributed by atoms with Crippen LogP contribution in [0.25, 0.3) is 0 Å². The third kappa shape index (κ3) is 3.18. The zero-order valence-corrected chi connectivity index (χ0v) is 27.5. The highest BCUT2D eigenvalue weighted by molar-refractivity contribution is 5.70. The molecule has 6 rings (SSSR count). The molecular weight excluding hydrogens is 530 g/mol. The van der Waals surface area contributed by atoms with Crippen LogP contribution in [0.3, 0.4) is 0 Å². The van der Waals surface area contributed by atoms with Gasteiger partial charge in [0.1, 0.15) is 0 Å². The van der Waals surface area contributed by atoms with Crippen LogP contribution < -0.4 is 0 Å². The summed E-state index contributed by atoms with van der Waals surface area (Å²) in [4.78, 5) is 12.4. The van der Waals surface area contributed by atoms with Crippen LogP contribution in [-0.2, 0) is 14.3 Å². The van der Waals surface area contributed by atoms with Crippen molar-refractivity contribution in [3.05, 3.63) is 0 Å². The van der Waals surface area contributed by atoms with Gasteiger partial charge < -0.3 is 30.2 Å². The Morgan fingerprint density at radius 1 is 1.10 bits per heavy atom. The van der Waals surface area contributed by atoms with Crippen molar-refractivity contribution >= 4 is 12.2 Å². The van der Waals surface area contributed by atoms with E-state index in [-0.39, 0.29) is 56.7 Å². The van der Waals surface area contributed by atoms with E-state index in [9.17, 15) is 20.1 Å². The second-order valence-electron chi connectivity index (χ2n) is 17.2. The number of nitrogens with one attached hydrogen (secondary N) is 1. The van der Waals surface area contributed by atoms with E-state index in [1.807, 2.05) is 0 Å². The van der Waals surface area contributed by atoms with Gasteiger partial charge >= 0.3 is 5.97 Å². The number of ether oxygens (including phenoxy) is 2. The van der Waals surface area contributed by atoms with Crippen LogP contribution in [0, 0.1) is 61.6 Å². The lowest BCUT2D eigenvalue weighted by atomic mass is 9.38. The first-order valence-corrected chi connectivity index (χ1v) is 16.8. The summed E-state index contributed by atoms with van der Waals surface area (Å²) in [6.07, 6.45) is 5.52. The summed E-state index contributed by atoms with van der Waals surface area (Å²) in [5, 5.41) is 43.7. The van der Waals surface area contributed by atoms with Gasteiger partial charge in [0.05, 0.1) is 30.0 Å². The number of fused-ring (bicyclic) bond motifs is 4. The molecule has 5 aliphatic carbocycles. The Kier molecular flexibility index (Phi) is 6.67. The smallest absolute Gasteiger partial charge is 0.305 e. The van der Waals surface area contributed by atoms with Gasteiger partial charge in [-0.25, -0.2) is 0 Å². The highest BCUT2D eigenvalue weighted by Crippen LogP contribution is 2.94. The lowest BCUT2D eigenvalue weighted by molar-refractivity contribution is -0.217. The zero-order chi connectivity index (χ0) is 31.1. The van der Waals surface area contributed by atoms with Crippen LogP contribution in [0.1, 0.15) is 114 Å². The van der Waals surface area contributed by atoms with E-state index >= 15 is 0 Å². The molecule has 0 radical (unpaired) electrons. The minimum atomic E-state index is -1.27. The number of aliphatic hydroxyl groups is 3. The minimum absolute atomic E-state index is 0.0272. The third-order valence-corrected chi connectivity index (χ3v) is 15.7. The molecule has 14 unspecified atom stereocenters. The average molecular weight is 588 g/mol. The molecule has 6 fully saturated rings. The fourth-order valence-electron chi connectivity index (χ4n) is 13.6. The van der Waals surface area contributed by atoms with Crippen molar-refractivity contribution in [3.63, 3.8) is 0 Å². The molecular formula is C35H57NO6. The first-order chi connectivity index (χ1) is 19.4. The lowest BCUT2D eigenvalue weighted by Gasteiger charge is -2.66. The number of rotatable bonds is 5. The van der Waals surface area contributed by atoms with Crippen molar-refractivity contribution in [2.75, 3.05) is 0 Å². The number of esters is 1. The molecule has 5 saturated carbocycles. The van der Waals surface area contributed by atoms with E-state index in [2.05, 4.69) is 41.5 Å². The van der Waals surface area contributed by atoms with E-state index in [4.69, 9.17) is 14.9 Å². The third-order valence-electron chi connectivity index (χ3n) is 15.7. The number of hydrogen-bond donors (Lipinski definition) is 4. The van der Waals surface area contributed by atoms with Crippen LogP contribution in [0.5, 0.6) is 0 Å². The first kappa shape index (κ1) is 31.0. The molecule has 1 aliphatic heterocycles. The maximum Gasteiger partial charge on any atom is 0.305 e. The molecule has 4 N–H and O–H groups in total. The second kappa shape index (κ2) is 9.04. The molecule has 238 valence electrons. The molecule has 7 heteroatoms. The molecule has 0 aromatic carbocycles. The largest absolute Gasteiger partial charge is 0.457 e. The van der Waals surface area contributed by atoms with Gasteiger partial charge in [0.15, 0.2) is 6.10 Å². The van der Waals surface area contributed by atoms with Crippen LogP contribution in [-0.4, -0.2) is 63.6 Å². The summed E-state index contributed by atoms with van der Waals surface area (Å²) in [5.74, 6) is 0.775. The number of carbonyl (C=O) groups excluding carboxylic acids is 1. The Bertz CT molecular complexity index is 1150. The summed E-state index contributed by atoms with van der Waals surface area (Å²) in [6, 6.07) is 0. The quantitative estimate of drug-likeness (QED) is 0.248. The minimum Gasteiger partial charge on any atom is -0.457 e. The summed E-state index contributed by atoms with van der Waals surface area (Å²) in [7, 11) is 0. The van der Waals surface area contributed by atoms with Gasteiger partial charge in [-0.1, -0.05) is 48.5 Å². The van der Waals surface area contributed by atoms with E-state index in [1.54, 1.807) is 27.0 Å². The lowest BCUT2D eigenvalue weighted by Crippen LogP contribution is -2.64. The highest BCUT2D eigenvalue weighted by Gasteiger charge is 2.91.